The highest BCUT2D eigenvalue weighted by Crippen LogP contribution is 2.24. The number of benzene rings is 3. The number of hydrogen-bond acceptors (Lipinski definition) is 2. The monoisotopic (exact) mass is 382 g/mol. The van der Waals surface area contributed by atoms with E-state index in [1.807, 2.05) is 48.7 Å². The zero-order valence-corrected chi connectivity index (χ0v) is 15.5. The summed E-state index contributed by atoms with van der Waals surface area (Å²) in [6, 6.07) is 23.3. The van der Waals surface area contributed by atoms with Crippen molar-refractivity contribution in [3.05, 3.63) is 101 Å². The SMILES string of the molecule is O=C(Nc1ccc2[nH]c(=O)[nH]c2c1)c1cn(Cc2ccccc2)c2ccccc12. The van der Waals surface area contributed by atoms with Crippen LogP contribution in [0.3, 0.4) is 0 Å². The Hall–Kier alpha value is -4.06. The summed E-state index contributed by atoms with van der Waals surface area (Å²) in [5, 5.41) is 3.84. The predicted molar refractivity (Wildman–Crippen MR) is 114 cm³/mol. The van der Waals surface area contributed by atoms with Crippen LogP contribution in [-0.4, -0.2) is 20.4 Å². The summed E-state index contributed by atoms with van der Waals surface area (Å²) in [4.78, 5) is 29.9. The standard InChI is InChI=1S/C23H18N4O2/c28-22(24-16-10-11-19-20(12-16)26-23(29)25-19)18-14-27(13-15-6-2-1-3-7-15)21-9-5-4-8-17(18)21/h1-12,14H,13H2,(H,24,28)(H2,25,26,29). The van der Waals surface area contributed by atoms with E-state index in [0.29, 0.717) is 28.8 Å². The normalized spacial score (nSPS) is 11.2. The number of rotatable bonds is 4. The van der Waals surface area contributed by atoms with Gasteiger partial charge in [0.1, 0.15) is 0 Å². The van der Waals surface area contributed by atoms with E-state index in [2.05, 4.69) is 32.0 Å². The zero-order chi connectivity index (χ0) is 19.8. The highest BCUT2D eigenvalue weighted by molar-refractivity contribution is 6.13. The summed E-state index contributed by atoms with van der Waals surface area (Å²) in [5.74, 6) is -0.190. The molecule has 5 rings (SSSR count). The fourth-order valence-corrected chi connectivity index (χ4v) is 3.65. The summed E-state index contributed by atoms with van der Waals surface area (Å²) in [6.45, 7) is 0.686. The molecule has 0 atom stereocenters. The Kier molecular flexibility index (Phi) is 4.02. The number of carbonyl (C=O) groups excluding carboxylic acids is 1. The molecule has 2 aromatic heterocycles. The third-order valence-electron chi connectivity index (χ3n) is 5.00. The van der Waals surface area contributed by atoms with E-state index in [-0.39, 0.29) is 11.6 Å². The third kappa shape index (κ3) is 3.21. The van der Waals surface area contributed by atoms with Crippen LogP contribution in [0.4, 0.5) is 5.69 Å². The van der Waals surface area contributed by atoms with E-state index in [9.17, 15) is 9.59 Å². The van der Waals surface area contributed by atoms with E-state index in [1.54, 1.807) is 18.2 Å². The molecular formula is C23H18N4O2. The van der Waals surface area contributed by atoms with Gasteiger partial charge in [-0.2, -0.15) is 0 Å². The van der Waals surface area contributed by atoms with Gasteiger partial charge >= 0.3 is 5.69 Å². The quantitative estimate of drug-likeness (QED) is 0.437. The van der Waals surface area contributed by atoms with Crippen molar-refractivity contribution in [1.82, 2.24) is 14.5 Å². The Morgan fingerprint density at radius 3 is 2.52 bits per heavy atom. The molecule has 0 bridgehead atoms. The van der Waals surface area contributed by atoms with Crippen molar-refractivity contribution in [1.29, 1.82) is 0 Å². The molecule has 0 aliphatic carbocycles. The largest absolute Gasteiger partial charge is 0.342 e. The number of H-pyrrole nitrogens is 2. The number of hydrogen-bond donors (Lipinski definition) is 3. The van der Waals surface area contributed by atoms with Crippen LogP contribution in [0.15, 0.2) is 83.8 Å². The smallest absolute Gasteiger partial charge is 0.323 e. The molecule has 5 aromatic rings. The van der Waals surface area contributed by atoms with Crippen molar-refractivity contribution in [2.75, 3.05) is 5.32 Å². The molecule has 0 saturated carbocycles. The topological polar surface area (TPSA) is 82.7 Å². The fraction of sp³-hybridized carbons (Fsp3) is 0.0435. The molecule has 0 saturated heterocycles. The lowest BCUT2D eigenvalue weighted by Crippen LogP contribution is -2.11. The van der Waals surface area contributed by atoms with Gasteiger partial charge in [0, 0.05) is 29.3 Å². The fourth-order valence-electron chi connectivity index (χ4n) is 3.65. The Labute approximate surface area is 165 Å². The second-order valence-electron chi connectivity index (χ2n) is 6.97. The van der Waals surface area contributed by atoms with Gasteiger partial charge in [-0.05, 0) is 29.8 Å². The van der Waals surface area contributed by atoms with Gasteiger partial charge in [-0.1, -0.05) is 48.5 Å². The van der Waals surface area contributed by atoms with Gasteiger partial charge < -0.3 is 19.9 Å². The first kappa shape index (κ1) is 17.1. The molecule has 6 nitrogen and oxygen atoms in total. The average Bonchev–Trinajstić information content (AvgIpc) is 3.28. The molecule has 0 aliphatic rings. The van der Waals surface area contributed by atoms with E-state index in [4.69, 9.17) is 0 Å². The highest BCUT2D eigenvalue weighted by Gasteiger charge is 2.15. The number of fused-ring (bicyclic) bond motifs is 2. The zero-order valence-electron chi connectivity index (χ0n) is 15.5. The van der Waals surface area contributed by atoms with Gasteiger partial charge in [0.2, 0.25) is 0 Å². The number of anilines is 1. The van der Waals surface area contributed by atoms with Crippen molar-refractivity contribution >= 4 is 33.5 Å². The van der Waals surface area contributed by atoms with Gasteiger partial charge in [0.05, 0.1) is 16.6 Å². The number of nitrogens with zero attached hydrogens (tertiary/aromatic N) is 1. The van der Waals surface area contributed by atoms with Crippen LogP contribution in [0.5, 0.6) is 0 Å². The second-order valence-corrected chi connectivity index (χ2v) is 6.97. The van der Waals surface area contributed by atoms with E-state index in [0.717, 1.165) is 10.9 Å². The molecule has 0 spiro atoms. The van der Waals surface area contributed by atoms with Crippen LogP contribution in [0.2, 0.25) is 0 Å². The van der Waals surface area contributed by atoms with Crippen molar-refractivity contribution in [3.63, 3.8) is 0 Å². The van der Waals surface area contributed by atoms with Crippen molar-refractivity contribution in [3.8, 4) is 0 Å². The Morgan fingerprint density at radius 1 is 0.897 bits per heavy atom. The van der Waals surface area contributed by atoms with Crippen molar-refractivity contribution in [2.45, 2.75) is 6.54 Å². The van der Waals surface area contributed by atoms with Gasteiger partial charge in [-0.15, -0.1) is 0 Å². The molecule has 1 amide bonds. The maximum Gasteiger partial charge on any atom is 0.323 e. The van der Waals surface area contributed by atoms with E-state index < -0.39 is 0 Å². The lowest BCUT2D eigenvalue weighted by atomic mass is 10.1. The average molecular weight is 382 g/mol. The Bertz CT molecular complexity index is 1390. The second kappa shape index (κ2) is 6.83. The summed E-state index contributed by atoms with van der Waals surface area (Å²) < 4.78 is 2.09. The van der Waals surface area contributed by atoms with Crippen LogP contribution >= 0.6 is 0 Å². The van der Waals surface area contributed by atoms with E-state index >= 15 is 0 Å². The molecule has 142 valence electrons. The Morgan fingerprint density at radius 2 is 1.66 bits per heavy atom. The maximum absolute atomic E-state index is 13.0. The van der Waals surface area contributed by atoms with Crippen LogP contribution < -0.4 is 11.0 Å². The first-order chi connectivity index (χ1) is 14.2. The summed E-state index contributed by atoms with van der Waals surface area (Å²) in [5.41, 5.74) is 4.49. The molecule has 29 heavy (non-hydrogen) atoms. The number of para-hydroxylation sites is 1. The molecule has 3 aromatic carbocycles. The third-order valence-corrected chi connectivity index (χ3v) is 5.00. The molecule has 6 heteroatoms. The molecule has 2 heterocycles. The minimum atomic E-state index is -0.271. The van der Waals surface area contributed by atoms with E-state index in [1.165, 1.54) is 5.56 Å². The number of aromatic nitrogens is 3. The minimum Gasteiger partial charge on any atom is -0.342 e. The van der Waals surface area contributed by atoms with Crippen LogP contribution in [0, 0.1) is 0 Å². The van der Waals surface area contributed by atoms with Gasteiger partial charge in [-0.25, -0.2) is 4.79 Å². The molecule has 0 radical (unpaired) electrons. The lowest BCUT2D eigenvalue weighted by molar-refractivity contribution is 0.102. The number of nitrogens with one attached hydrogen (secondary N) is 3. The summed E-state index contributed by atoms with van der Waals surface area (Å²) in [7, 11) is 0. The van der Waals surface area contributed by atoms with Gasteiger partial charge in [0.15, 0.2) is 0 Å². The molecule has 0 aliphatic heterocycles. The maximum atomic E-state index is 13.0. The van der Waals surface area contributed by atoms with Gasteiger partial charge in [0.25, 0.3) is 5.91 Å². The summed E-state index contributed by atoms with van der Waals surface area (Å²) >= 11 is 0. The molecule has 0 fully saturated rings. The summed E-state index contributed by atoms with van der Waals surface area (Å²) in [6.07, 6.45) is 1.89. The minimum absolute atomic E-state index is 0.190. The molecular weight excluding hydrogens is 364 g/mol. The molecule has 0 unspecified atom stereocenters. The van der Waals surface area contributed by atoms with Gasteiger partial charge in [-0.3, -0.25) is 4.79 Å². The van der Waals surface area contributed by atoms with Crippen molar-refractivity contribution in [2.24, 2.45) is 0 Å². The highest BCUT2D eigenvalue weighted by atomic mass is 16.2. The predicted octanol–water partition coefficient (Wildman–Crippen LogP) is 4.11. The number of carbonyl (C=O) groups is 1. The number of amides is 1. The first-order valence-electron chi connectivity index (χ1n) is 9.32. The Balaban J connectivity index is 1.50. The van der Waals surface area contributed by atoms with Crippen LogP contribution in [-0.2, 0) is 6.54 Å². The molecule has 3 N–H and O–H groups in total. The lowest BCUT2D eigenvalue weighted by Gasteiger charge is -2.05. The first-order valence-corrected chi connectivity index (χ1v) is 9.32. The number of imidazole rings is 1. The van der Waals surface area contributed by atoms with Crippen molar-refractivity contribution < 1.29 is 4.79 Å². The van der Waals surface area contributed by atoms with Crippen LogP contribution in [0.1, 0.15) is 15.9 Å². The number of aromatic amines is 2. The van der Waals surface area contributed by atoms with Crippen LogP contribution in [0.25, 0.3) is 21.9 Å².